The van der Waals surface area contributed by atoms with E-state index in [0.29, 0.717) is 11.4 Å². The molecule has 2 aromatic carbocycles. The highest BCUT2D eigenvalue weighted by atomic mass is 16.7. The maximum atomic E-state index is 12.6. The van der Waals surface area contributed by atoms with Crippen molar-refractivity contribution in [1.82, 2.24) is 10.5 Å². The number of pyridine rings is 1. The van der Waals surface area contributed by atoms with Gasteiger partial charge in [0.1, 0.15) is 5.41 Å². The maximum Gasteiger partial charge on any atom is 0.260 e. The molecular weight excluding hydrogens is 404 g/mol. The van der Waals surface area contributed by atoms with Crippen LogP contribution in [-0.4, -0.2) is 28.7 Å². The van der Waals surface area contributed by atoms with E-state index in [1.807, 2.05) is 36.4 Å². The van der Waals surface area contributed by atoms with Crippen molar-refractivity contribution in [3.63, 3.8) is 0 Å². The molecule has 0 spiro atoms. The van der Waals surface area contributed by atoms with Gasteiger partial charge in [-0.15, -0.1) is 0 Å². The standard InChI is InChI=1S/C25H22N4O3/c26-17-25(12-14-30,19-6-2-1-3-7-19)20-8-10-21(11-9-20)28-24(31)23-15-22(29-32-23)18-5-4-13-27-16-18/h1-11,13,15-16,23,29-30H,12,14H2,(H,28,31). The van der Waals surface area contributed by atoms with Crippen LogP contribution >= 0.6 is 0 Å². The van der Waals surface area contributed by atoms with E-state index in [9.17, 15) is 15.2 Å². The average molecular weight is 426 g/mol. The van der Waals surface area contributed by atoms with Crippen molar-refractivity contribution in [2.45, 2.75) is 17.9 Å². The molecule has 3 N–H and O–H groups in total. The lowest BCUT2D eigenvalue weighted by Gasteiger charge is -2.27. The topological polar surface area (TPSA) is 107 Å². The van der Waals surface area contributed by atoms with Crippen molar-refractivity contribution in [1.29, 1.82) is 5.26 Å². The lowest BCUT2D eigenvalue weighted by atomic mass is 9.73. The van der Waals surface area contributed by atoms with Crippen LogP contribution in [0.2, 0.25) is 0 Å². The number of carbonyl (C=O) groups is 1. The normalized spacial score (nSPS) is 16.9. The maximum absolute atomic E-state index is 12.6. The fourth-order valence-corrected chi connectivity index (χ4v) is 3.74. The van der Waals surface area contributed by atoms with Gasteiger partial charge in [-0.05, 0) is 47.9 Å². The van der Waals surface area contributed by atoms with E-state index in [0.717, 1.165) is 16.7 Å². The Morgan fingerprint density at radius 1 is 1.12 bits per heavy atom. The second-order valence-electron chi connectivity index (χ2n) is 7.39. The first-order valence-corrected chi connectivity index (χ1v) is 10.2. The number of aromatic nitrogens is 1. The van der Waals surface area contributed by atoms with Crippen LogP contribution < -0.4 is 10.8 Å². The number of hydrogen-bond acceptors (Lipinski definition) is 6. The minimum atomic E-state index is -0.974. The third-order valence-electron chi connectivity index (χ3n) is 5.43. The van der Waals surface area contributed by atoms with Crippen LogP contribution in [0.4, 0.5) is 5.69 Å². The minimum absolute atomic E-state index is 0.126. The molecule has 0 aliphatic carbocycles. The molecule has 1 amide bonds. The molecule has 0 saturated heterocycles. The fraction of sp³-hybridized carbons (Fsp3) is 0.160. The molecule has 0 saturated carbocycles. The first kappa shape index (κ1) is 21.2. The summed E-state index contributed by atoms with van der Waals surface area (Å²) >= 11 is 0. The summed E-state index contributed by atoms with van der Waals surface area (Å²) in [5.41, 5.74) is 5.43. The van der Waals surface area contributed by atoms with E-state index in [4.69, 9.17) is 4.84 Å². The average Bonchev–Trinajstić information content (AvgIpc) is 3.35. The number of rotatable bonds is 7. The first-order valence-electron chi connectivity index (χ1n) is 10.2. The van der Waals surface area contributed by atoms with Crippen molar-refractivity contribution >= 4 is 17.3 Å². The second kappa shape index (κ2) is 9.43. The number of nitriles is 1. The summed E-state index contributed by atoms with van der Waals surface area (Å²) in [6, 6.07) is 22.5. The molecule has 4 rings (SSSR count). The summed E-state index contributed by atoms with van der Waals surface area (Å²) in [7, 11) is 0. The van der Waals surface area contributed by atoms with Gasteiger partial charge in [-0.1, -0.05) is 42.5 Å². The summed E-state index contributed by atoms with van der Waals surface area (Å²) in [6.07, 6.45) is 4.53. The molecule has 2 atom stereocenters. The van der Waals surface area contributed by atoms with Crippen molar-refractivity contribution in [3.05, 3.63) is 102 Å². The predicted molar refractivity (Wildman–Crippen MR) is 120 cm³/mol. The third kappa shape index (κ3) is 4.23. The van der Waals surface area contributed by atoms with E-state index in [1.165, 1.54) is 0 Å². The molecular formula is C25H22N4O3. The zero-order valence-electron chi connectivity index (χ0n) is 17.2. The SMILES string of the molecule is N#CC(CCO)(c1ccccc1)c1ccc(NC(=O)C2C=C(c3cccnc3)NO2)cc1. The molecule has 1 aliphatic heterocycles. The van der Waals surface area contributed by atoms with Crippen LogP contribution in [-0.2, 0) is 15.0 Å². The second-order valence-corrected chi connectivity index (χ2v) is 7.39. The van der Waals surface area contributed by atoms with Gasteiger partial charge in [0.2, 0.25) is 0 Å². The Balaban J connectivity index is 1.51. The largest absolute Gasteiger partial charge is 0.396 e. The van der Waals surface area contributed by atoms with Gasteiger partial charge in [0, 0.05) is 30.3 Å². The molecule has 32 heavy (non-hydrogen) atoms. The molecule has 1 aliphatic rings. The Kier molecular flexibility index (Phi) is 6.26. The Bertz CT molecular complexity index is 1140. The van der Waals surface area contributed by atoms with Crippen molar-refractivity contribution in [2.24, 2.45) is 0 Å². The van der Waals surface area contributed by atoms with Crippen LogP contribution in [0.3, 0.4) is 0 Å². The Labute approximate surface area is 186 Å². The van der Waals surface area contributed by atoms with Crippen molar-refractivity contribution in [3.8, 4) is 6.07 Å². The number of aliphatic hydroxyl groups is 1. The monoisotopic (exact) mass is 426 g/mol. The number of hydrogen-bond donors (Lipinski definition) is 3. The zero-order valence-corrected chi connectivity index (χ0v) is 17.2. The number of aliphatic hydroxyl groups excluding tert-OH is 1. The van der Waals surface area contributed by atoms with E-state index < -0.39 is 11.5 Å². The zero-order chi connectivity index (χ0) is 22.4. The number of hydroxylamine groups is 1. The number of nitrogens with one attached hydrogen (secondary N) is 2. The van der Waals surface area contributed by atoms with E-state index >= 15 is 0 Å². The van der Waals surface area contributed by atoms with Crippen LogP contribution in [0.25, 0.3) is 5.70 Å². The van der Waals surface area contributed by atoms with Gasteiger partial charge in [0.05, 0.1) is 11.8 Å². The highest BCUT2D eigenvalue weighted by Gasteiger charge is 2.34. The van der Waals surface area contributed by atoms with Crippen LogP contribution in [0.5, 0.6) is 0 Å². The molecule has 160 valence electrons. The van der Waals surface area contributed by atoms with Gasteiger partial charge in [-0.3, -0.25) is 20.1 Å². The lowest BCUT2D eigenvalue weighted by Crippen LogP contribution is -2.29. The van der Waals surface area contributed by atoms with E-state index in [2.05, 4.69) is 21.9 Å². The van der Waals surface area contributed by atoms with Gasteiger partial charge >= 0.3 is 0 Å². The molecule has 7 heteroatoms. The number of amides is 1. The third-order valence-corrected chi connectivity index (χ3v) is 5.43. The van der Waals surface area contributed by atoms with Crippen LogP contribution in [0, 0.1) is 11.3 Å². The van der Waals surface area contributed by atoms with Gasteiger partial charge in [-0.25, -0.2) is 0 Å². The fourth-order valence-electron chi connectivity index (χ4n) is 3.74. The van der Waals surface area contributed by atoms with Gasteiger partial charge in [-0.2, -0.15) is 5.26 Å². The highest BCUT2D eigenvalue weighted by Crippen LogP contribution is 2.35. The number of anilines is 1. The molecule has 3 aromatic rings. The van der Waals surface area contributed by atoms with E-state index in [1.54, 1.807) is 48.8 Å². The summed E-state index contributed by atoms with van der Waals surface area (Å²) < 4.78 is 0. The predicted octanol–water partition coefficient (Wildman–Crippen LogP) is 3.16. The summed E-state index contributed by atoms with van der Waals surface area (Å²) in [4.78, 5) is 22.1. The van der Waals surface area contributed by atoms with Crippen LogP contribution in [0.15, 0.2) is 85.2 Å². The molecule has 1 aromatic heterocycles. The Morgan fingerprint density at radius 2 is 1.88 bits per heavy atom. The van der Waals surface area contributed by atoms with Gasteiger partial charge < -0.3 is 10.4 Å². The Morgan fingerprint density at radius 3 is 2.53 bits per heavy atom. The number of nitrogens with zero attached hydrogens (tertiary/aromatic N) is 2. The highest BCUT2D eigenvalue weighted by molar-refractivity contribution is 5.97. The van der Waals surface area contributed by atoms with Crippen molar-refractivity contribution in [2.75, 3.05) is 11.9 Å². The molecule has 0 bridgehead atoms. The van der Waals surface area contributed by atoms with Gasteiger partial charge in [0.25, 0.3) is 5.91 Å². The van der Waals surface area contributed by atoms with E-state index in [-0.39, 0.29) is 18.9 Å². The first-order chi connectivity index (χ1) is 15.7. The molecule has 7 nitrogen and oxygen atoms in total. The van der Waals surface area contributed by atoms with Crippen molar-refractivity contribution < 1.29 is 14.7 Å². The minimum Gasteiger partial charge on any atom is -0.396 e. The molecule has 2 unspecified atom stereocenters. The Hall–Kier alpha value is -3.99. The summed E-state index contributed by atoms with van der Waals surface area (Å²) in [5, 5.41) is 22.5. The van der Waals surface area contributed by atoms with Gasteiger partial charge in [0.15, 0.2) is 6.10 Å². The summed E-state index contributed by atoms with van der Waals surface area (Å²) in [5.74, 6) is -0.325. The molecule has 2 heterocycles. The quantitative estimate of drug-likeness (QED) is 0.536. The molecule has 0 fully saturated rings. The smallest absolute Gasteiger partial charge is 0.260 e. The molecule has 0 radical (unpaired) electrons. The number of carbonyl (C=O) groups excluding carboxylic acids is 1. The number of benzene rings is 2. The van der Waals surface area contributed by atoms with Crippen LogP contribution in [0.1, 0.15) is 23.1 Å². The summed E-state index contributed by atoms with van der Waals surface area (Å²) in [6.45, 7) is -0.126. The lowest BCUT2D eigenvalue weighted by molar-refractivity contribution is -0.125.